The number of hydrogen-bond acceptors (Lipinski definition) is 4. The molecule has 0 saturated carbocycles. The predicted molar refractivity (Wildman–Crippen MR) is 101 cm³/mol. The highest BCUT2D eigenvalue weighted by atomic mass is 19.2. The van der Waals surface area contributed by atoms with Crippen molar-refractivity contribution < 1.29 is 27.4 Å². The van der Waals surface area contributed by atoms with Crippen molar-refractivity contribution >= 4 is 17.3 Å². The fourth-order valence-electron chi connectivity index (χ4n) is 3.62. The number of nitrogens with zero attached hydrogens (tertiary/aromatic N) is 1. The second-order valence-electron chi connectivity index (χ2n) is 6.54. The first-order valence-electron chi connectivity index (χ1n) is 8.78. The largest absolute Gasteiger partial charge is 0.496 e. The summed E-state index contributed by atoms with van der Waals surface area (Å²) in [4.78, 5) is 15.0. The van der Waals surface area contributed by atoms with Crippen molar-refractivity contribution in [1.29, 1.82) is 0 Å². The number of halogens is 3. The lowest BCUT2D eigenvalue weighted by Crippen LogP contribution is -2.29. The highest BCUT2D eigenvalue weighted by Gasteiger charge is 2.38. The molecule has 3 aromatic rings. The van der Waals surface area contributed by atoms with Crippen LogP contribution in [0.2, 0.25) is 0 Å². The third kappa shape index (κ3) is 2.99. The Morgan fingerprint density at radius 2 is 1.62 bits per heavy atom. The van der Waals surface area contributed by atoms with E-state index in [1.54, 1.807) is 30.3 Å². The summed E-state index contributed by atoms with van der Waals surface area (Å²) in [7, 11) is 3.30. The van der Waals surface area contributed by atoms with E-state index in [2.05, 4.69) is 0 Å². The van der Waals surface area contributed by atoms with Gasteiger partial charge in [0, 0.05) is 24.0 Å². The molecule has 1 unspecified atom stereocenters. The lowest BCUT2D eigenvalue weighted by molar-refractivity contribution is -0.135. The SMILES string of the molecule is COc1cccc2c1C(C(=O)Oc1c(F)ccc(F)c1F)c1ccccc1N2C. The summed E-state index contributed by atoms with van der Waals surface area (Å²) in [5.74, 6) is -6.64. The molecule has 0 spiro atoms. The number of hydrogen-bond donors (Lipinski definition) is 0. The number of carbonyl (C=O) groups is 1. The maximum Gasteiger partial charge on any atom is 0.323 e. The Bertz CT molecular complexity index is 1120. The van der Waals surface area contributed by atoms with Crippen molar-refractivity contribution in [1.82, 2.24) is 0 Å². The highest BCUT2D eigenvalue weighted by molar-refractivity contribution is 5.93. The van der Waals surface area contributed by atoms with Crippen LogP contribution in [0.3, 0.4) is 0 Å². The van der Waals surface area contributed by atoms with Gasteiger partial charge in [-0.15, -0.1) is 0 Å². The number of benzene rings is 3. The molecule has 148 valence electrons. The van der Waals surface area contributed by atoms with Crippen LogP contribution in [-0.4, -0.2) is 20.1 Å². The van der Waals surface area contributed by atoms with Crippen LogP contribution in [0.1, 0.15) is 17.0 Å². The van der Waals surface area contributed by atoms with E-state index in [0.717, 1.165) is 5.69 Å². The molecule has 0 N–H and O–H groups in total. The van der Waals surface area contributed by atoms with Gasteiger partial charge in [0.25, 0.3) is 0 Å². The van der Waals surface area contributed by atoms with E-state index in [9.17, 15) is 18.0 Å². The molecular weight excluding hydrogens is 383 g/mol. The molecule has 1 aliphatic heterocycles. The van der Waals surface area contributed by atoms with Gasteiger partial charge in [-0.3, -0.25) is 4.79 Å². The lowest BCUT2D eigenvalue weighted by atomic mass is 9.84. The number of anilines is 2. The molecule has 29 heavy (non-hydrogen) atoms. The molecule has 7 heteroatoms. The zero-order chi connectivity index (χ0) is 20.7. The van der Waals surface area contributed by atoms with Crippen LogP contribution < -0.4 is 14.4 Å². The van der Waals surface area contributed by atoms with Crippen LogP contribution in [0.4, 0.5) is 24.5 Å². The standard InChI is InChI=1S/C22H16F3NO3/c1-26-15-7-4-3-6-12(15)18(19-16(26)8-5-9-17(19)28-2)22(27)29-21-14(24)11-10-13(23)20(21)25/h3-11,18H,1-2H3. The fraction of sp³-hybridized carbons (Fsp3) is 0.136. The van der Waals surface area contributed by atoms with Crippen molar-refractivity contribution in [3.05, 3.63) is 83.2 Å². The average Bonchev–Trinajstić information content (AvgIpc) is 2.74. The first kappa shape index (κ1) is 18.9. The minimum atomic E-state index is -1.56. The van der Waals surface area contributed by atoms with Crippen LogP contribution in [0.15, 0.2) is 54.6 Å². The van der Waals surface area contributed by atoms with Gasteiger partial charge in [0.15, 0.2) is 11.6 Å². The summed E-state index contributed by atoms with van der Waals surface area (Å²) >= 11 is 0. The van der Waals surface area contributed by atoms with Gasteiger partial charge in [0.2, 0.25) is 11.6 Å². The molecule has 0 amide bonds. The minimum absolute atomic E-state index is 0.422. The lowest BCUT2D eigenvalue weighted by Gasteiger charge is -2.35. The van der Waals surface area contributed by atoms with Gasteiger partial charge in [-0.1, -0.05) is 24.3 Å². The van der Waals surface area contributed by atoms with Gasteiger partial charge in [-0.2, -0.15) is 4.39 Å². The first-order valence-corrected chi connectivity index (χ1v) is 8.78. The highest BCUT2D eigenvalue weighted by Crippen LogP contribution is 2.48. The van der Waals surface area contributed by atoms with Gasteiger partial charge < -0.3 is 14.4 Å². The maximum absolute atomic E-state index is 14.1. The van der Waals surface area contributed by atoms with Crippen LogP contribution in [0, 0.1) is 17.5 Å². The molecule has 0 aliphatic carbocycles. The van der Waals surface area contributed by atoms with E-state index >= 15 is 0 Å². The Balaban J connectivity index is 1.87. The summed E-state index contributed by atoms with van der Waals surface area (Å²) in [5, 5.41) is 0. The van der Waals surface area contributed by atoms with Crippen LogP contribution in [0.5, 0.6) is 11.5 Å². The molecule has 0 radical (unpaired) electrons. The van der Waals surface area contributed by atoms with E-state index in [4.69, 9.17) is 9.47 Å². The third-order valence-electron chi connectivity index (χ3n) is 4.96. The fourth-order valence-corrected chi connectivity index (χ4v) is 3.62. The molecule has 0 fully saturated rings. The molecule has 0 bridgehead atoms. The molecule has 1 heterocycles. The van der Waals surface area contributed by atoms with Crippen molar-refractivity contribution in [3.8, 4) is 11.5 Å². The Kier molecular flexibility index (Phi) is 4.66. The van der Waals surface area contributed by atoms with E-state index < -0.39 is 35.1 Å². The van der Waals surface area contributed by atoms with Gasteiger partial charge in [-0.05, 0) is 35.9 Å². The first-order chi connectivity index (χ1) is 13.9. The van der Waals surface area contributed by atoms with E-state index in [-0.39, 0.29) is 0 Å². The number of carbonyl (C=O) groups excluding carboxylic acids is 1. The van der Waals surface area contributed by atoms with Crippen molar-refractivity contribution in [2.24, 2.45) is 0 Å². The Morgan fingerprint density at radius 3 is 2.38 bits per heavy atom. The predicted octanol–water partition coefficient (Wildman–Crippen LogP) is 4.93. The average molecular weight is 399 g/mol. The zero-order valence-corrected chi connectivity index (χ0v) is 15.6. The minimum Gasteiger partial charge on any atom is -0.496 e. The summed E-state index contributed by atoms with van der Waals surface area (Å²) < 4.78 is 52.1. The smallest absolute Gasteiger partial charge is 0.323 e. The number of para-hydroxylation sites is 1. The topological polar surface area (TPSA) is 38.8 Å². The second kappa shape index (κ2) is 7.16. The van der Waals surface area contributed by atoms with Gasteiger partial charge in [-0.25, -0.2) is 8.78 Å². The Morgan fingerprint density at radius 1 is 0.931 bits per heavy atom. The quantitative estimate of drug-likeness (QED) is 0.356. The number of rotatable bonds is 3. The monoisotopic (exact) mass is 399 g/mol. The van der Waals surface area contributed by atoms with Crippen molar-refractivity contribution in [3.63, 3.8) is 0 Å². The summed E-state index contributed by atoms with van der Waals surface area (Å²) in [5.41, 5.74) is 2.49. The Labute approximate surface area is 165 Å². The molecule has 1 aliphatic rings. The molecule has 1 atom stereocenters. The summed E-state index contributed by atoms with van der Waals surface area (Å²) in [6.45, 7) is 0. The number of methoxy groups -OCH3 is 1. The maximum atomic E-state index is 14.1. The van der Waals surface area contributed by atoms with E-state index in [1.807, 2.05) is 24.1 Å². The number of ether oxygens (including phenoxy) is 2. The number of fused-ring (bicyclic) bond motifs is 2. The van der Waals surface area contributed by atoms with E-state index in [0.29, 0.717) is 34.7 Å². The third-order valence-corrected chi connectivity index (χ3v) is 4.96. The van der Waals surface area contributed by atoms with Crippen LogP contribution >= 0.6 is 0 Å². The zero-order valence-electron chi connectivity index (χ0n) is 15.6. The normalized spacial score (nSPS) is 14.8. The summed E-state index contributed by atoms with van der Waals surface area (Å²) in [6, 6.07) is 13.7. The van der Waals surface area contributed by atoms with Crippen LogP contribution in [-0.2, 0) is 4.79 Å². The van der Waals surface area contributed by atoms with Gasteiger partial charge in [0.05, 0.1) is 7.11 Å². The molecule has 3 aromatic carbocycles. The molecule has 0 aromatic heterocycles. The molecule has 0 saturated heterocycles. The molecule has 4 rings (SSSR count). The number of esters is 1. The van der Waals surface area contributed by atoms with Gasteiger partial charge >= 0.3 is 5.97 Å². The molecule has 4 nitrogen and oxygen atoms in total. The molecular formula is C22H16F3NO3. The summed E-state index contributed by atoms with van der Waals surface area (Å²) in [6.07, 6.45) is 0. The van der Waals surface area contributed by atoms with E-state index in [1.165, 1.54) is 7.11 Å². The van der Waals surface area contributed by atoms with Crippen molar-refractivity contribution in [2.75, 3.05) is 19.1 Å². The van der Waals surface area contributed by atoms with Crippen molar-refractivity contribution in [2.45, 2.75) is 5.92 Å². The van der Waals surface area contributed by atoms with Crippen LogP contribution in [0.25, 0.3) is 0 Å². The Hall–Kier alpha value is -3.48. The second-order valence-corrected chi connectivity index (χ2v) is 6.54. The van der Waals surface area contributed by atoms with Gasteiger partial charge in [0.1, 0.15) is 11.7 Å².